The molecular weight excluding hydrogens is 285 g/mol. The van der Waals surface area contributed by atoms with Gasteiger partial charge in [-0.25, -0.2) is 4.39 Å². The molecule has 0 spiro atoms. The third-order valence-electron chi connectivity index (χ3n) is 2.48. The summed E-state index contributed by atoms with van der Waals surface area (Å²) in [5.41, 5.74) is 0.487. The Bertz CT molecular complexity index is 595. The second kappa shape index (κ2) is 5.91. The maximum atomic E-state index is 12.8. The fourth-order valence-corrected chi connectivity index (χ4v) is 2.25. The van der Waals surface area contributed by atoms with Crippen molar-refractivity contribution in [2.24, 2.45) is 7.05 Å². The summed E-state index contributed by atoms with van der Waals surface area (Å²) in [6.07, 6.45) is 0. The van der Waals surface area contributed by atoms with E-state index in [9.17, 15) is 14.3 Å². The molecule has 8 heteroatoms. The number of hydrogen-bond donors (Lipinski definition) is 1. The van der Waals surface area contributed by atoms with Crippen LogP contribution in [-0.2, 0) is 11.8 Å². The monoisotopic (exact) mass is 297 g/mol. The standard InChI is InChI=1S/C12H12FN3O3S/c1-7(20-11-12(18)19-15-16(11)2)10(17)14-9-5-3-8(13)4-6-9/h3-7H,1-2H3,(H-,14,15,17,18). The zero-order chi connectivity index (χ0) is 14.7. The second-order valence-electron chi connectivity index (χ2n) is 4.05. The minimum absolute atomic E-state index is 0.242. The topological polar surface area (TPSA) is 82.1 Å². The van der Waals surface area contributed by atoms with Crippen LogP contribution in [0.2, 0.25) is 0 Å². The molecule has 0 fully saturated rings. The van der Waals surface area contributed by atoms with Crippen molar-refractivity contribution < 1.29 is 23.5 Å². The molecule has 0 bridgehead atoms. The molecule has 0 saturated heterocycles. The van der Waals surface area contributed by atoms with Crippen molar-refractivity contribution in [3.05, 3.63) is 30.1 Å². The number of benzene rings is 1. The van der Waals surface area contributed by atoms with Gasteiger partial charge in [0.2, 0.25) is 5.91 Å². The Labute approximate surface area is 118 Å². The lowest BCUT2D eigenvalue weighted by molar-refractivity contribution is -0.772. The van der Waals surface area contributed by atoms with Crippen LogP contribution >= 0.6 is 11.8 Å². The van der Waals surface area contributed by atoms with Crippen LogP contribution in [0.5, 0.6) is 5.95 Å². The van der Waals surface area contributed by atoms with Crippen LogP contribution in [0.1, 0.15) is 6.92 Å². The van der Waals surface area contributed by atoms with Gasteiger partial charge in [-0.1, -0.05) is 4.68 Å². The summed E-state index contributed by atoms with van der Waals surface area (Å²) in [6.45, 7) is 1.65. The van der Waals surface area contributed by atoms with Gasteiger partial charge in [-0.3, -0.25) is 4.79 Å². The average Bonchev–Trinajstić information content (AvgIpc) is 2.73. The number of anilines is 1. The van der Waals surface area contributed by atoms with Crippen LogP contribution in [0.25, 0.3) is 0 Å². The zero-order valence-electron chi connectivity index (χ0n) is 10.8. The molecule has 0 aliphatic carbocycles. The van der Waals surface area contributed by atoms with E-state index in [-0.39, 0.29) is 16.8 Å². The van der Waals surface area contributed by atoms with E-state index in [1.54, 1.807) is 14.0 Å². The van der Waals surface area contributed by atoms with E-state index in [1.165, 1.54) is 28.9 Å². The summed E-state index contributed by atoms with van der Waals surface area (Å²) in [5, 5.41) is 17.2. The molecule has 0 aliphatic rings. The van der Waals surface area contributed by atoms with E-state index in [4.69, 9.17) is 0 Å². The van der Waals surface area contributed by atoms with Gasteiger partial charge in [-0.05, 0) is 43.0 Å². The number of amides is 1. The molecule has 1 aromatic heterocycles. The van der Waals surface area contributed by atoms with Gasteiger partial charge in [0.1, 0.15) is 5.82 Å². The summed E-state index contributed by atoms with van der Waals surface area (Å²) < 4.78 is 18.5. The first kappa shape index (κ1) is 14.3. The summed E-state index contributed by atoms with van der Waals surface area (Å²) in [7, 11) is 1.55. The van der Waals surface area contributed by atoms with Crippen LogP contribution in [0.3, 0.4) is 0 Å². The highest BCUT2D eigenvalue weighted by Gasteiger charge is 2.22. The molecule has 106 valence electrons. The number of carbonyl (C=O) groups excluding carboxylic acids is 1. The average molecular weight is 297 g/mol. The van der Waals surface area contributed by atoms with E-state index in [2.05, 4.69) is 15.1 Å². The van der Waals surface area contributed by atoms with Gasteiger partial charge in [0.25, 0.3) is 5.03 Å². The molecule has 1 aromatic carbocycles. The highest BCUT2D eigenvalue weighted by atomic mass is 32.2. The number of aryl methyl sites for hydroxylation is 1. The van der Waals surface area contributed by atoms with Crippen molar-refractivity contribution in [1.82, 2.24) is 5.27 Å². The normalized spacial score (nSPS) is 12.2. The molecule has 2 aromatic rings. The van der Waals surface area contributed by atoms with Gasteiger partial charge >= 0.3 is 0 Å². The highest BCUT2D eigenvalue weighted by molar-refractivity contribution is 8.00. The highest BCUT2D eigenvalue weighted by Crippen LogP contribution is 2.26. The largest absolute Gasteiger partial charge is 0.538 e. The molecule has 6 nitrogen and oxygen atoms in total. The summed E-state index contributed by atoms with van der Waals surface area (Å²) in [6, 6.07) is 5.43. The first-order valence-electron chi connectivity index (χ1n) is 5.73. The van der Waals surface area contributed by atoms with Gasteiger partial charge in [0.15, 0.2) is 13.0 Å². The third kappa shape index (κ3) is 3.27. The minimum atomic E-state index is -0.584. The van der Waals surface area contributed by atoms with Crippen molar-refractivity contribution in [3.63, 3.8) is 0 Å². The van der Waals surface area contributed by atoms with Crippen molar-refractivity contribution in [1.29, 1.82) is 0 Å². The number of hydrogen-bond acceptors (Lipinski definition) is 5. The van der Waals surface area contributed by atoms with Crippen LogP contribution in [0.4, 0.5) is 10.1 Å². The third-order valence-corrected chi connectivity index (χ3v) is 3.71. The van der Waals surface area contributed by atoms with Crippen molar-refractivity contribution in [2.75, 3.05) is 5.32 Å². The number of aromatic nitrogens is 2. The van der Waals surface area contributed by atoms with E-state index < -0.39 is 11.2 Å². The van der Waals surface area contributed by atoms with Crippen LogP contribution in [-0.4, -0.2) is 16.4 Å². The van der Waals surface area contributed by atoms with Gasteiger partial charge < -0.3 is 14.9 Å². The van der Waals surface area contributed by atoms with Gasteiger partial charge in [-0.2, -0.15) is 0 Å². The first-order chi connectivity index (χ1) is 9.47. The number of rotatable bonds is 4. The predicted molar refractivity (Wildman–Crippen MR) is 67.5 cm³/mol. The lowest BCUT2D eigenvalue weighted by Crippen LogP contribution is -2.33. The number of thioether (sulfide) groups is 1. The van der Waals surface area contributed by atoms with Crippen LogP contribution < -0.4 is 15.1 Å². The molecule has 0 radical (unpaired) electrons. The number of nitrogens with one attached hydrogen (secondary N) is 1. The number of nitrogens with zero attached hydrogens (tertiary/aromatic N) is 2. The smallest absolute Gasteiger partial charge is 0.291 e. The Morgan fingerprint density at radius 1 is 1.50 bits per heavy atom. The van der Waals surface area contributed by atoms with Crippen molar-refractivity contribution in [2.45, 2.75) is 17.2 Å². The SMILES string of the molecule is CC(Sc1c([O-])on[n+]1C)C(=O)Nc1ccc(F)cc1. The Hall–Kier alpha value is -2.09. The molecule has 1 heterocycles. The van der Waals surface area contributed by atoms with E-state index in [0.717, 1.165) is 11.8 Å². The van der Waals surface area contributed by atoms with Gasteiger partial charge in [0, 0.05) is 5.69 Å². The zero-order valence-corrected chi connectivity index (χ0v) is 11.6. The molecule has 1 N–H and O–H groups in total. The maximum absolute atomic E-state index is 12.8. The predicted octanol–water partition coefficient (Wildman–Crippen LogP) is 0.831. The quantitative estimate of drug-likeness (QED) is 0.668. The molecule has 0 aliphatic heterocycles. The maximum Gasteiger partial charge on any atom is 0.291 e. The number of halogens is 1. The number of carbonyl (C=O) groups is 1. The summed E-state index contributed by atoms with van der Waals surface area (Å²) in [4.78, 5) is 12.0. The van der Waals surface area contributed by atoms with Crippen LogP contribution in [0.15, 0.2) is 33.8 Å². The molecule has 1 atom stereocenters. The summed E-state index contributed by atoms with van der Waals surface area (Å²) in [5.74, 6) is -1.26. The Kier molecular flexibility index (Phi) is 4.23. The minimum Gasteiger partial charge on any atom is -0.538 e. The molecule has 1 amide bonds. The molecule has 20 heavy (non-hydrogen) atoms. The van der Waals surface area contributed by atoms with Crippen LogP contribution in [0, 0.1) is 5.82 Å². The van der Waals surface area contributed by atoms with E-state index in [1.807, 2.05) is 0 Å². The van der Waals surface area contributed by atoms with E-state index in [0.29, 0.717) is 5.69 Å². The Morgan fingerprint density at radius 2 is 2.15 bits per heavy atom. The van der Waals surface area contributed by atoms with E-state index >= 15 is 0 Å². The van der Waals surface area contributed by atoms with Gasteiger partial charge in [-0.15, -0.1) is 0 Å². The second-order valence-corrected chi connectivity index (χ2v) is 5.37. The molecule has 2 rings (SSSR count). The first-order valence-corrected chi connectivity index (χ1v) is 6.61. The molecular formula is C12H12FN3O3S. The fourth-order valence-electron chi connectivity index (χ4n) is 1.43. The summed E-state index contributed by atoms with van der Waals surface area (Å²) >= 11 is 1.04. The lowest BCUT2D eigenvalue weighted by atomic mass is 10.3. The van der Waals surface area contributed by atoms with Gasteiger partial charge in [0.05, 0.1) is 10.5 Å². The Morgan fingerprint density at radius 3 is 2.70 bits per heavy atom. The van der Waals surface area contributed by atoms with Crippen molar-refractivity contribution >= 4 is 23.4 Å². The Balaban J connectivity index is 2.00. The fraction of sp³-hybridized carbons (Fsp3) is 0.250. The molecule has 1 unspecified atom stereocenters. The van der Waals surface area contributed by atoms with Crippen molar-refractivity contribution in [3.8, 4) is 5.95 Å². The molecule has 0 saturated carbocycles. The lowest BCUT2D eigenvalue weighted by Gasteiger charge is -2.10.